The van der Waals surface area contributed by atoms with Gasteiger partial charge in [0.05, 0.1) is 6.20 Å². The number of aromatic nitrogens is 2. The average Bonchev–Trinajstić information content (AvgIpc) is 3.03. The van der Waals surface area contributed by atoms with Gasteiger partial charge >= 0.3 is 0 Å². The fourth-order valence-corrected chi connectivity index (χ4v) is 2.68. The van der Waals surface area contributed by atoms with Crippen LogP contribution in [0.5, 0.6) is 0 Å². The predicted octanol–water partition coefficient (Wildman–Crippen LogP) is 2.45. The fraction of sp³-hybridized carbons (Fsp3) is 0.733. The van der Waals surface area contributed by atoms with Crippen molar-refractivity contribution in [2.75, 3.05) is 26.7 Å². The molecule has 0 aliphatic carbocycles. The molecular weight excluding hydrogens is 377 g/mol. The summed E-state index contributed by atoms with van der Waals surface area (Å²) in [5.74, 6) is 2.34. The van der Waals surface area contributed by atoms with Gasteiger partial charge in [0.15, 0.2) is 5.96 Å². The second kappa shape index (κ2) is 8.60. The number of nitrogens with zero attached hydrogens (tertiary/aromatic N) is 4. The molecule has 1 aromatic rings. The van der Waals surface area contributed by atoms with Crippen LogP contribution in [0.3, 0.4) is 0 Å². The maximum absolute atomic E-state index is 4.41. The number of halogens is 1. The number of guanidine groups is 1. The van der Waals surface area contributed by atoms with E-state index < -0.39 is 0 Å². The van der Waals surface area contributed by atoms with Crippen LogP contribution in [0.2, 0.25) is 0 Å². The number of nitrogens with one attached hydrogen (secondary N) is 1. The van der Waals surface area contributed by atoms with Crippen molar-refractivity contribution in [2.24, 2.45) is 18.0 Å². The van der Waals surface area contributed by atoms with Crippen LogP contribution in [-0.2, 0) is 7.05 Å². The molecule has 0 radical (unpaired) electrons. The topological polar surface area (TPSA) is 45.5 Å². The highest BCUT2D eigenvalue weighted by molar-refractivity contribution is 14.0. The Hall–Kier alpha value is -0.790. The van der Waals surface area contributed by atoms with E-state index in [-0.39, 0.29) is 24.0 Å². The SMILES string of the molecule is CN=C(NCCC(C)C)N1CCC(c2cnn(C)c2)C1.I. The maximum atomic E-state index is 4.41. The molecule has 1 saturated heterocycles. The summed E-state index contributed by atoms with van der Waals surface area (Å²) in [5, 5.41) is 7.75. The number of aliphatic imine (C=N–C) groups is 1. The molecule has 0 aromatic carbocycles. The first-order chi connectivity index (χ1) is 9.60. The Kier molecular flexibility index (Phi) is 7.48. The van der Waals surface area contributed by atoms with Crippen LogP contribution >= 0.6 is 24.0 Å². The van der Waals surface area contributed by atoms with Gasteiger partial charge in [-0.15, -0.1) is 24.0 Å². The zero-order valence-electron chi connectivity index (χ0n) is 13.5. The van der Waals surface area contributed by atoms with Crippen molar-refractivity contribution in [3.8, 4) is 0 Å². The molecule has 2 rings (SSSR count). The zero-order chi connectivity index (χ0) is 14.5. The summed E-state index contributed by atoms with van der Waals surface area (Å²) in [4.78, 5) is 6.77. The Bertz CT molecular complexity index is 455. The molecule has 1 aliphatic rings. The third kappa shape index (κ3) is 5.16. The van der Waals surface area contributed by atoms with Crippen LogP contribution in [0, 0.1) is 5.92 Å². The highest BCUT2D eigenvalue weighted by Crippen LogP contribution is 2.26. The number of aryl methyl sites for hydroxylation is 1. The number of likely N-dealkylation sites (tertiary alicyclic amines) is 1. The molecule has 0 amide bonds. The monoisotopic (exact) mass is 405 g/mol. The molecule has 0 saturated carbocycles. The van der Waals surface area contributed by atoms with Gasteiger partial charge in [0, 0.05) is 45.8 Å². The van der Waals surface area contributed by atoms with Gasteiger partial charge < -0.3 is 10.2 Å². The van der Waals surface area contributed by atoms with Crippen LogP contribution in [0.15, 0.2) is 17.4 Å². The van der Waals surface area contributed by atoms with E-state index >= 15 is 0 Å². The van der Waals surface area contributed by atoms with E-state index in [2.05, 4.69) is 40.4 Å². The summed E-state index contributed by atoms with van der Waals surface area (Å²) in [6.07, 6.45) is 6.47. The lowest BCUT2D eigenvalue weighted by Crippen LogP contribution is -2.40. The van der Waals surface area contributed by atoms with Crippen LogP contribution in [0.4, 0.5) is 0 Å². The molecule has 21 heavy (non-hydrogen) atoms. The van der Waals surface area contributed by atoms with Gasteiger partial charge in [0.2, 0.25) is 0 Å². The van der Waals surface area contributed by atoms with E-state index in [4.69, 9.17) is 0 Å². The van der Waals surface area contributed by atoms with Gasteiger partial charge in [-0.05, 0) is 24.3 Å². The third-order valence-corrected chi connectivity index (χ3v) is 3.90. The molecule has 1 aliphatic heterocycles. The summed E-state index contributed by atoms with van der Waals surface area (Å²) >= 11 is 0. The first kappa shape index (κ1) is 18.3. The van der Waals surface area contributed by atoms with Crippen molar-refractivity contribution in [2.45, 2.75) is 32.6 Å². The first-order valence-electron chi connectivity index (χ1n) is 7.54. The fourth-order valence-electron chi connectivity index (χ4n) is 2.68. The Labute approximate surface area is 145 Å². The lowest BCUT2D eigenvalue weighted by molar-refractivity contribution is 0.477. The van der Waals surface area contributed by atoms with Crippen LogP contribution in [-0.4, -0.2) is 47.3 Å². The molecule has 0 bridgehead atoms. The summed E-state index contributed by atoms with van der Waals surface area (Å²) in [5.41, 5.74) is 1.34. The second-order valence-electron chi connectivity index (χ2n) is 6.04. The Balaban J connectivity index is 0.00000220. The molecule has 1 aromatic heterocycles. The van der Waals surface area contributed by atoms with Crippen molar-refractivity contribution in [3.63, 3.8) is 0 Å². The zero-order valence-corrected chi connectivity index (χ0v) is 15.9. The number of hydrogen-bond donors (Lipinski definition) is 1. The average molecular weight is 405 g/mol. The minimum atomic E-state index is 0. The Morgan fingerprint density at radius 3 is 2.86 bits per heavy atom. The molecule has 1 fully saturated rings. The van der Waals surface area contributed by atoms with E-state index in [0.717, 1.165) is 31.5 Å². The predicted molar refractivity (Wildman–Crippen MR) is 98.4 cm³/mol. The van der Waals surface area contributed by atoms with Crippen molar-refractivity contribution in [1.82, 2.24) is 20.0 Å². The standard InChI is InChI=1S/C15H27N5.HI/c1-12(2)5-7-17-15(16-3)20-8-6-13(11-20)14-9-18-19(4)10-14;/h9-10,12-13H,5-8,11H2,1-4H3,(H,16,17);1H. The molecule has 1 N–H and O–H groups in total. The molecule has 6 heteroatoms. The highest BCUT2D eigenvalue weighted by atomic mass is 127. The Morgan fingerprint density at radius 2 is 2.29 bits per heavy atom. The van der Waals surface area contributed by atoms with Crippen molar-refractivity contribution < 1.29 is 0 Å². The van der Waals surface area contributed by atoms with Gasteiger partial charge in [-0.2, -0.15) is 5.10 Å². The van der Waals surface area contributed by atoms with E-state index in [1.54, 1.807) is 0 Å². The minimum Gasteiger partial charge on any atom is -0.356 e. The minimum absolute atomic E-state index is 0. The van der Waals surface area contributed by atoms with Crippen molar-refractivity contribution in [3.05, 3.63) is 18.0 Å². The van der Waals surface area contributed by atoms with Crippen molar-refractivity contribution in [1.29, 1.82) is 0 Å². The van der Waals surface area contributed by atoms with Gasteiger partial charge in [0.1, 0.15) is 0 Å². The second-order valence-corrected chi connectivity index (χ2v) is 6.04. The molecule has 2 heterocycles. The molecule has 120 valence electrons. The number of hydrogen-bond acceptors (Lipinski definition) is 2. The molecule has 0 spiro atoms. The maximum Gasteiger partial charge on any atom is 0.193 e. The lowest BCUT2D eigenvalue weighted by atomic mass is 10.0. The largest absolute Gasteiger partial charge is 0.356 e. The molecular formula is C15H28IN5. The molecule has 5 nitrogen and oxygen atoms in total. The normalized spacial score (nSPS) is 19.0. The molecule has 1 unspecified atom stereocenters. The summed E-state index contributed by atoms with van der Waals surface area (Å²) in [6.45, 7) is 7.60. The van der Waals surface area contributed by atoms with E-state index in [0.29, 0.717) is 5.92 Å². The van der Waals surface area contributed by atoms with E-state index in [1.807, 2.05) is 25.0 Å². The van der Waals surface area contributed by atoms with E-state index in [1.165, 1.54) is 18.4 Å². The highest BCUT2D eigenvalue weighted by Gasteiger charge is 2.26. The van der Waals surface area contributed by atoms with Crippen molar-refractivity contribution >= 4 is 29.9 Å². The Morgan fingerprint density at radius 1 is 1.52 bits per heavy atom. The van der Waals surface area contributed by atoms with Gasteiger partial charge in [-0.3, -0.25) is 9.67 Å². The number of rotatable bonds is 4. The van der Waals surface area contributed by atoms with E-state index in [9.17, 15) is 0 Å². The summed E-state index contributed by atoms with van der Waals surface area (Å²) in [6, 6.07) is 0. The molecule has 1 atom stereocenters. The van der Waals surface area contributed by atoms with Gasteiger partial charge in [-0.1, -0.05) is 13.8 Å². The van der Waals surface area contributed by atoms with Crippen LogP contribution in [0.1, 0.15) is 38.2 Å². The van der Waals surface area contributed by atoms with Crippen LogP contribution < -0.4 is 5.32 Å². The summed E-state index contributed by atoms with van der Waals surface area (Å²) < 4.78 is 1.88. The quantitative estimate of drug-likeness (QED) is 0.476. The van der Waals surface area contributed by atoms with Crippen LogP contribution in [0.25, 0.3) is 0 Å². The smallest absolute Gasteiger partial charge is 0.193 e. The summed E-state index contributed by atoms with van der Waals surface area (Å²) in [7, 11) is 3.84. The first-order valence-corrected chi connectivity index (χ1v) is 7.54. The third-order valence-electron chi connectivity index (χ3n) is 3.90. The lowest BCUT2D eigenvalue weighted by Gasteiger charge is -2.22. The van der Waals surface area contributed by atoms with Gasteiger partial charge in [0.25, 0.3) is 0 Å². The van der Waals surface area contributed by atoms with Gasteiger partial charge in [-0.25, -0.2) is 0 Å².